The Labute approximate surface area is 107 Å². The molecule has 0 amide bonds. The summed E-state index contributed by atoms with van der Waals surface area (Å²) < 4.78 is 2.06. The van der Waals surface area contributed by atoms with Crippen molar-refractivity contribution >= 4 is 11.8 Å². The maximum Gasteiger partial charge on any atom is 0.167 e. The molecule has 0 unspecified atom stereocenters. The topological polar surface area (TPSA) is 17.8 Å². The zero-order chi connectivity index (χ0) is 12.4. The molecule has 2 aromatic rings. The minimum absolute atomic E-state index is 0.989. The fourth-order valence-electron chi connectivity index (χ4n) is 2.07. The number of hydrogen-bond acceptors (Lipinski definition) is 2. The minimum Gasteiger partial charge on any atom is -0.329 e. The van der Waals surface area contributed by atoms with Crippen LogP contribution in [0.5, 0.6) is 0 Å². The van der Waals surface area contributed by atoms with Crippen LogP contribution in [0.4, 0.5) is 0 Å². The first-order valence-corrected chi connectivity index (χ1v) is 6.73. The number of imidazole rings is 1. The van der Waals surface area contributed by atoms with Crippen LogP contribution in [0, 0.1) is 20.8 Å². The Morgan fingerprint density at radius 3 is 2.35 bits per heavy atom. The normalized spacial score (nSPS) is 10.8. The fourth-order valence-corrected chi connectivity index (χ4v) is 3.19. The SMILES string of the molecule is Cc1cc(C)c(CSc2nccn2C)c(C)c1. The van der Waals surface area contributed by atoms with Gasteiger partial charge in [-0.3, -0.25) is 0 Å². The average molecular weight is 246 g/mol. The van der Waals surface area contributed by atoms with E-state index in [-0.39, 0.29) is 0 Å². The predicted octanol–water partition coefficient (Wildman–Crippen LogP) is 3.64. The molecule has 1 aromatic carbocycles. The van der Waals surface area contributed by atoms with Crippen molar-refractivity contribution in [2.24, 2.45) is 7.05 Å². The predicted molar refractivity (Wildman–Crippen MR) is 73.4 cm³/mol. The first-order valence-electron chi connectivity index (χ1n) is 5.75. The highest BCUT2D eigenvalue weighted by Gasteiger charge is 2.06. The van der Waals surface area contributed by atoms with Crippen molar-refractivity contribution in [1.29, 1.82) is 0 Å². The molecule has 2 rings (SSSR count). The van der Waals surface area contributed by atoms with E-state index in [0.717, 1.165) is 10.9 Å². The van der Waals surface area contributed by atoms with E-state index in [9.17, 15) is 0 Å². The summed E-state index contributed by atoms with van der Waals surface area (Å²) in [6, 6.07) is 4.50. The lowest BCUT2D eigenvalue weighted by Gasteiger charge is -2.10. The van der Waals surface area contributed by atoms with Crippen molar-refractivity contribution in [3.63, 3.8) is 0 Å². The molecule has 0 spiro atoms. The molecule has 0 saturated carbocycles. The molecule has 17 heavy (non-hydrogen) atoms. The zero-order valence-electron chi connectivity index (χ0n) is 10.8. The molecule has 0 aliphatic rings. The Hall–Kier alpha value is -1.22. The van der Waals surface area contributed by atoms with Gasteiger partial charge in [0.2, 0.25) is 0 Å². The highest BCUT2D eigenvalue weighted by molar-refractivity contribution is 7.98. The van der Waals surface area contributed by atoms with E-state index >= 15 is 0 Å². The second kappa shape index (κ2) is 4.96. The lowest BCUT2D eigenvalue weighted by Crippen LogP contribution is -1.95. The Morgan fingerprint density at radius 2 is 1.82 bits per heavy atom. The largest absolute Gasteiger partial charge is 0.329 e. The van der Waals surface area contributed by atoms with Gasteiger partial charge >= 0.3 is 0 Å². The summed E-state index contributed by atoms with van der Waals surface area (Å²) >= 11 is 1.79. The number of aryl methyl sites for hydroxylation is 4. The van der Waals surface area contributed by atoms with Crippen molar-refractivity contribution in [3.8, 4) is 0 Å². The first kappa shape index (κ1) is 12.2. The summed E-state index contributed by atoms with van der Waals surface area (Å²) in [5, 5.41) is 1.07. The third kappa shape index (κ3) is 2.72. The van der Waals surface area contributed by atoms with Crippen molar-refractivity contribution in [1.82, 2.24) is 9.55 Å². The van der Waals surface area contributed by atoms with E-state index in [4.69, 9.17) is 0 Å². The van der Waals surface area contributed by atoms with Crippen LogP contribution in [-0.2, 0) is 12.8 Å². The van der Waals surface area contributed by atoms with Crippen LogP contribution in [0.25, 0.3) is 0 Å². The van der Waals surface area contributed by atoms with Gasteiger partial charge in [-0.05, 0) is 37.5 Å². The van der Waals surface area contributed by atoms with E-state index < -0.39 is 0 Å². The minimum atomic E-state index is 0.989. The Bertz CT molecular complexity index is 506. The average Bonchev–Trinajstić information content (AvgIpc) is 2.62. The van der Waals surface area contributed by atoms with Gasteiger partial charge < -0.3 is 4.57 Å². The van der Waals surface area contributed by atoms with Gasteiger partial charge in [0.25, 0.3) is 0 Å². The third-order valence-electron chi connectivity index (χ3n) is 2.96. The molecule has 1 heterocycles. The second-order valence-electron chi connectivity index (χ2n) is 4.49. The summed E-state index contributed by atoms with van der Waals surface area (Å²) in [6.45, 7) is 6.53. The van der Waals surface area contributed by atoms with Gasteiger partial charge in [0, 0.05) is 25.2 Å². The molecular weight excluding hydrogens is 228 g/mol. The van der Waals surface area contributed by atoms with Gasteiger partial charge in [-0.15, -0.1) is 0 Å². The zero-order valence-corrected chi connectivity index (χ0v) is 11.6. The highest BCUT2D eigenvalue weighted by Crippen LogP contribution is 2.25. The smallest absolute Gasteiger partial charge is 0.167 e. The maximum atomic E-state index is 4.33. The summed E-state index contributed by atoms with van der Waals surface area (Å²) in [5.74, 6) is 0.989. The Morgan fingerprint density at radius 1 is 1.18 bits per heavy atom. The first-order chi connectivity index (χ1) is 8.08. The molecule has 0 bridgehead atoms. The van der Waals surface area contributed by atoms with Crippen LogP contribution in [0.3, 0.4) is 0 Å². The van der Waals surface area contributed by atoms with Gasteiger partial charge in [0.05, 0.1) is 0 Å². The molecule has 0 fully saturated rings. The summed E-state index contributed by atoms with van der Waals surface area (Å²) in [5.41, 5.74) is 5.53. The van der Waals surface area contributed by atoms with Crippen LogP contribution < -0.4 is 0 Å². The number of benzene rings is 1. The van der Waals surface area contributed by atoms with Gasteiger partial charge in [-0.25, -0.2) is 4.98 Å². The maximum absolute atomic E-state index is 4.33. The summed E-state index contributed by atoms with van der Waals surface area (Å²) in [7, 11) is 2.03. The quantitative estimate of drug-likeness (QED) is 0.770. The molecular formula is C14H18N2S. The van der Waals surface area contributed by atoms with Gasteiger partial charge in [-0.2, -0.15) is 0 Å². The van der Waals surface area contributed by atoms with Gasteiger partial charge in [0.15, 0.2) is 5.16 Å². The molecule has 0 saturated heterocycles. The lowest BCUT2D eigenvalue weighted by atomic mass is 10.0. The van der Waals surface area contributed by atoms with Crippen molar-refractivity contribution in [2.45, 2.75) is 31.7 Å². The van der Waals surface area contributed by atoms with E-state index in [1.807, 2.05) is 19.4 Å². The van der Waals surface area contributed by atoms with Crippen LogP contribution in [0.2, 0.25) is 0 Å². The van der Waals surface area contributed by atoms with E-state index in [0.29, 0.717) is 0 Å². The molecule has 0 aliphatic carbocycles. The summed E-state index contributed by atoms with van der Waals surface area (Å²) in [6.07, 6.45) is 3.83. The molecule has 1 aromatic heterocycles. The number of nitrogens with zero attached hydrogens (tertiary/aromatic N) is 2. The van der Waals surface area contributed by atoms with E-state index in [1.165, 1.54) is 22.3 Å². The van der Waals surface area contributed by atoms with Gasteiger partial charge in [-0.1, -0.05) is 29.5 Å². The molecule has 0 radical (unpaired) electrons. The number of rotatable bonds is 3. The molecule has 3 heteroatoms. The monoisotopic (exact) mass is 246 g/mol. The molecule has 0 aliphatic heterocycles. The Kier molecular flexibility index (Phi) is 3.57. The van der Waals surface area contributed by atoms with E-state index in [1.54, 1.807) is 11.8 Å². The fraction of sp³-hybridized carbons (Fsp3) is 0.357. The third-order valence-corrected chi connectivity index (χ3v) is 4.05. The molecule has 0 N–H and O–H groups in total. The van der Waals surface area contributed by atoms with Crippen LogP contribution in [-0.4, -0.2) is 9.55 Å². The number of thioether (sulfide) groups is 1. The standard InChI is InChI=1S/C14H18N2S/c1-10-7-11(2)13(12(3)8-10)9-17-14-15-5-6-16(14)4/h5-8H,9H2,1-4H3. The van der Waals surface area contributed by atoms with Crippen LogP contribution in [0.1, 0.15) is 22.3 Å². The van der Waals surface area contributed by atoms with Crippen LogP contribution in [0.15, 0.2) is 29.7 Å². The molecule has 2 nitrogen and oxygen atoms in total. The summed E-state index contributed by atoms with van der Waals surface area (Å²) in [4.78, 5) is 4.33. The Balaban J connectivity index is 2.17. The number of hydrogen-bond donors (Lipinski definition) is 0. The van der Waals surface area contributed by atoms with Crippen molar-refractivity contribution in [3.05, 3.63) is 46.8 Å². The molecule has 0 atom stereocenters. The lowest BCUT2D eigenvalue weighted by molar-refractivity contribution is 0.790. The number of aromatic nitrogens is 2. The van der Waals surface area contributed by atoms with Crippen molar-refractivity contribution < 1.29 is 0 Å². The second-order valence-corrected chi connectivity index (χ2v) is 5.43. The van der Waals surface area contributed by atoms with Crippen LogP contribution >= 0.6 is 11.8 Å². The van der Waals surface area contributed by atoms with Crippen molar-refractivity contribution in [2.75, 3.05) is 0 Å². The molecule has 90 valence electrons. The van der Waals surface area contributed by atoms with Gasteiger partial charge in [0.1, 0.15) is 0 Å². The van der Waals surface area contributed by atoms with E-state index in [2.05, 4.69) is 42.5 Å². The highest BCUT2D eigenvalue weighted by atomic mass is 32.2.